The van der Waals surface area contributed by atoms with Crippen LogP contribution in [0.4, 0.5) is 10.5 Å². The van der Waals surface area contributed by atoms with Crippen LogP contribution >= 0.6 is 0 Å². The lowest BCUT2D eigenvalue weighted by Gasteiger charge is -2.25. The first-order chi connectivity index (χ1) is 14.8. The molecular weight excluding hydrogens is 394 g/mol. The Morgan fingerprint density at radius 1 is 1.13 bits per heavy atom. The first-order valence-electron chi connectivity index (χ1n) is 10.5. The summed E-state index contributed by atoms with van der Waals surface area (Å²) in [6.45, 7) is 7.77. The highest BCUT2D eigenvalue weighted by atomic mass is 16.6. The fourth-order valence-corrected chi connectivity index (χ4v) is 3.51. The molecule has 7 nitrogen and oxygen atoms in total. The van der Waals surface area contributed by atoms with E-state index >= 15 is 0 Å². The third kappa shape index (κ3) is 5.42. The molecule has 2 N–H and O–H groups in total. The van der Waals surface area contributed by atoms with E-state index in [0.29, 0.717) is 17.7 Å². The molecule has 2 aromatic rings. The van der Waals surface area contributed by atoms with Crippen LogP contribution in [0.15, 0.2) is 48.5 Å². The number of nitrogens with zero attached hydrogens (tertiary/aromatic N) is 1. The summed E-state index contributed by atoms with van der Waals surface area (Å²) in [4.78, 5) is 39.1. The van der Waals surface area contributed by atoms with Gasteiger partial charge in [0.15, 0.2) is 12.1 Å². The molecule has 3 rings (SSSR count). The number of carbonyl (C=O) groups is 3. The lowest BCUT2D eigenvalue weighted by atomic mass is 9.99. The van der Waals surface area contributed by atoms with Gasteiger partial charge in [0.25, 0.3) is 0 Å². The molecule has 0 unspecified atom stereocenters. The van der Waals surface area contributed by atoms with E-state index in [2.05, 4.69) is 10.6 Å². The fraction of sp³-hybridized carbons (Fsp3) is 0.375. The molecule has 0 radical (unpaired) electrons. The van der Waals surface area contributed by atoms with Gasteiger partial charge in [-0.3, -0.25) is 14.5 Å². The Kier molecular flexibility index (Phi) is 6.95. The maximum atomic E-state index is 13.1. The Bertz CT molecular complexity index is 956. The van der Waals surface area contributed by atoms with E-state index in [1.54, 1.807) is 31.2 Å². The minimum absolute atomic E-state index is 0.0831. The second kappa shape index (κ2) is 9.64. The summed E-state index contributed by atoms with van der Waals surface area (Å²) < 4.78 is 5.67. The third-order valence-electron chi connectivity index (χ3n) is 5.08. The van der Waals surface area contributed by atoms with Gasteiger partial charge in [0, 0.05) is 18.2 Å². The van der Waals surface area contributed by atoms with Crippen molar-refractivity contribution in [2.24, 2.45) is 0 Å². The van der Waals surface area contributed by atoms with Crippen molar-refractivity contribution >= 4 is 23.6 Å². The maximum Gasteiger partial charge on any atom is 0.411 e. The van der Waals surface area contributed by atoms with Crippen molar-refractivity contribution < 1.29 is 19.1 Å². The summed E-state index contributed by atoms with van der Waals surface area (Å²) in [5.41, 5.74) is 3.28. The van der Waals surface area contributed by atoms with E-state index in [1.165, 1.54) is 4.90 Å². The van der Waals surface area contributed by atoms with Gasteiger partial charge in [0.2, 0.25) is 11.8 Å². The molecule has 1 fully saturated rings. The van der Waals surface area contributed by atoms with Gasteiger partial charge in [0.1, 0.15) is 0 Å². The standard InChI is InChI=1S/C24H29N3O4/c1-5-20(28)26-19-8-6-7-18(13-19)22-21(23(29)25-15(2)3)27(24(30)31-22)14-17-11-9-16(4)10-12-17/h6-13,15,21-22H,5,14H2,1-4H3,(H,25,29)(H,26,28)/t21-,22+/m0/s1. The molecule has 2 atom stereocenters. The zero-order valence-electron chi connectivity index (χ0n) is 18.3. The van der Waals surface area contributed by atoms with Gasteiger partial charge < -0.3 is 15.4 Å². The Morgan fingerprint density at radius 2 is 1.84 bits per heavy atom. The summed E-state index contributed by atoms with van der Waals surface area (Å²) in [5.74, 6) is -0.392. The number of carbonyl (C=O) groups excluding carboxylic acids is 3. The van der Waals surface area contributed by atoms with Gasteiger partial charge in [-0.1, -0.05) is 48.9 Å². The molecule has 1 aliphatic rings. The first-order valence-corrected chi connectivity index (χ1v) is 10.5. The van der Waals surface area contributed by atoms with Crippen LogP contribution in [0.1, 0.15) is 50.0 Å². The molecule has 0 aromatic heterocycles. The van der Waals surface area contributed by atoms with E-state index in [0.717, 1.165) is 11.1 Å². The molecule has 1 saturated heterocycles. The molecule has 0 bridgehead atoms. The zero-order chi connectivity index (χ0) is 22.5. The predicted octanol–water partition coefficient (Wildman–Crippen LogP) is 3.93. The van der Waals surface area contributed by atoms with Crippen molar-refractivity contribution in [1.29, 1.82) is 0 Å². The number of cyclic esters (lactones) is 1. The number of rotatable bonds is 7. The number of aryl methyl sites for hydroxylation is 1. The van der Waals surface area contributed by atoms with Crippen LogP contribution in [-0.4, -0.2) is 34.9 Å². The van der Waals surface area contributed by atoms with Crippen LogP contribution in [0.2, 0.25) is 0 Å². The highest BCUT2D eigenvalue weighted by Gasteiger charge is 2.47. The predicted molar refractivity (Wildman–Crippen MR) is 118 cm³/mol. The largest absolute Gasteiger partial charge is 0.438 e. The summed E-state index contributed by atoms with van der Waals surface area (Å²) >= 11 is 0. The second-order valence-corrected chi connectivity index (χ2v) is 8.05. The van der Waals surface area contributed by atoms with E-state index in [-0.39, 0.29) is 24.4 Å². The van der Waals surface area contributed by atoms with Crippen LogP contribution in [0.3, 0.4) is 0 Å². The van der Waals surface area contributed by atoms with Crippen LogP contribution in [0.5, 0.6) is 0 Å². The average molecular weight is 424 g/mol. The molecule has 2 aromatic carbocycles. The summed E-state index contributed by atoms with van der Waals surface area (Å²) in [7, 11) is 0. The van der Waals surface area contributed by atoms with E-state index < -0.39 is 18.2 Å². The highest BCUT2D eigenvalue weighted by Crippen LogP contribution is 2.35. The van der Waals surface area contributed by atoms with Crippen LogP contribution in [-0.2, 0) is 20.9 Å². The van der Waals surface area contributed by atoms with E-state index in [4.69, 9.17) is 4.74 Å². The Hall–Kier alpha value is -3.35. The van der Waals surface area contributed by atoms with Crippen molar-refractivity contribution in [3.05, 3.63) is 65.2 Å². The SMILES string of the molecule is CCC(=O)Nc1cccc([C@H]2OC(=O)N(Cc3ccc(C)cc3)[C@@H]2C(=O)NC(C)C)c1. The number of hydrogen-bond acceptors (Lipinski definition) is 4. The number of nitrogens with one attached hydrogen (secondary N) is 2. The molecule has 164 valence electrons. The van der Waals surface area contributed by atoms with Crippen LogP contribution in [0.25, 0.3) is 0 Å². The monoisotopic (exact) mass is 423 g/mol. The summed E-state index contributed by atoms with van der Waals surface area (Å²) in [6.07, 6.45) is -0.973. The molecule has 0 spiro atoms. The first kappa shape index (κ1) is 22.3. The van der Waals surface area contributed by atoms with Crippen molar-refractivity contribution in [3.8, 4) is 0 Å². The maximum absolute atomic E-state index is 13.1. The second-order valence-electron chi connectivity index (χ2n) is 8.05. The van der Waals surface area contributed by atoms with Crippen molar-refractivity contribution in [1.82, 2.24) is 10.2 Å². The lowest BCUT2D eigenvalue weighted by Crippen LogP contribution is -2.48. The van der Waals surface area contributed by atoms with Crippen LogP contribution in [0, 0.1) is 6.92 Å². The number of ether oxygens (including phenoxy) is 1. The molecule has 1 aliphatic heterocycles. The molecule has 7 heteroatoms. The molecular formula is C24H29N3O4. The summed E-state index contributed by atoms with van der Waals surface area (Å²) in [5, 5.41) is 5.71. The fourth-order valence-electron chi connectivity index (χ4n) is 3.51. The highest BCUT2D eigenvalue weighted by molar-refractivity contribution is 5.91. The molecule has 0 aliphatic carbocycles. The number of anilines is 1. The minimum Gasteiger partial charge on any atom is -0.438 e. The van der Waals surface area contributed by atoms with Gasteiger partial charge in [-0.2, -0.15) is 0 Å². The molecule has 1 heterocycles. The Morgan fingerprint density at radius 3 is 2.48 bits per heavy atom. The van der Waals surface area contributed by atoms with E-state index in [9.17, 15) is 14.4 Å². The van der Waals surface area contributed by atoms with Crippen molar-refractivity contribution in [2.75, 3.05) is 5.32 Å². The van der Waals surface area contributed by atoms with Crippen molar-refractivity contribution in [3.63, 3.8) is 0 Å². The smallest absolute Gasteiger partial charge is 0.411 e. The lowest BCUT2D eigenvalue weighted by molar-refractivity contribution is -0.126. The third-order valence-corrected chi connectivity index (χ3v) is 5.08. The molecule has 31 heavy (non-hydrogen) atoms. The van der Waals surface area contributed by atoms with Gasteiger partial charge in [-0.05, 0) is 44.0 Å². The molecule has 3 amide bonds. The van der Waals surface area contributed by atoms with Gasteiger partial charge in [0.05, 0.1) is 6.54 Å². The number of amides is 3. The zero-order valence-corrected chi connectivity index (χ0v) is 18.3. The van der Waals surface area contributed by atoms with Crippen LogP contribution < -0.4 is 10.6 Å². The van der Waals surface area contributed by atoms with Gasteiger partial charge in [-0.25, -0.2) is 4.79 Å². The number of hydrogen-bond donors (Lipinski definition) is 2. The average Bonchev–Trinajstić information content (AvgIpc) is 3.05. The normalized spacial score (nSPS) is 18.1. The van der Waals surface area contributed by atoms with E-state index in [1.807, 2.05) is 45.0 Å². The van der Waals surface area contributed by atoms with Crippen molar-refractivity contribution in [2.45, 2.75) is 58.8 Å². The Labute approximate surface area is 182 Å². The quantitative estimate of drug-likeness (QED) is 0.706. The number of benzene rings is 2. The minimum atomic E-state index is -0.826. The summed E-state index contributed by atoms with van der Waals surface area (Å²) in [6, 6.07) is 14.0. The van der Waals surface area contributed by atoms with Gasteiger partial charge >= 0.3 is 6.09 Å². The van der Waals surface area contributed by atoms with Gasteiger partial charge in [-0.15, -0.1) is 0 Å². The molecule has 0 saturated carbocycles. The topological polar surface area (TPSA) is 87.7 Å². The Balaban J connectivity index is 1.92.